The summed E-state index contributed by atoms with van der Waals surface area (Å²) in [6.45, 7) is 5.03. The van der Waals surface area contributed by atoms with Gasteiger partial charge in [-0.3, -0.25) is 9.79 Å². The van der Waals surface area contributed by atoms with Crippen molar-refractivity contribution in [3.05, 3.63) is 20.7 Å². The van der Waals surface area contributed by atoms with Crippen LogP contribution in [0.3, 0.4) is 0 Å². The van der Waals surface area contributed by atoms with Gasteiger partial charge < -0.3 is 10.3 Å². The summed E-state index contributed by atoms with van der Waals surface area (Å²) in [7, 11) is 0. The van der Waals surface area contributed by atoms with Crippen LogP contribution in [0.5, 0.6) is 0 Å². The molecule has 94 valence electrons. The highest BCUT2D eigenvalue weighted by atomic mass is 32.2. The maximum atomic E-state index is 11.0. The minimum Gasteiger partial charge on any atom is -0.361 e. The molecule has 1 unspecified atom stereocenters. The number of hydrogen-bond donors (Lipinski definition) is 2. The summed E-state index contributed by atoms with van der Waals surface area (Å²) in [6, 6.07) is 0.542. The Morgan fingerprint density at radius 2 is 2.41 bits per heavy atom. The smallest absolute Gasteiger partial charge is 0.304 e. The summed E-state index contributed by atoms with van der Waals surface area (Å²) in [5.74, 6) is 1.80. The van der Waals surface area contributed by atoms with Crippen LogP contribution in [0.4, 0.5) is 0 Å². The van der Waals surface area contributed by atoms with Crippen molar-refractivity contribution in [2.75, 3.05) is 5.75 Å². The summed E-state index contributed by atoms with van der Waals surface area (Å²) in [5, 5.41) is 6.26. The number of nitrogens with one attached hydrogen (secondary N) is 2. The molecule has 2 rings (SSSR count). The Bertz CT molecular complexity index is 450. The van der Waals surface area contributed by atoms with Crippen LogP contribution in [-0.2, 0) is 6.54 Å². The molecule has 1 aromatic rings. The minimum atomic E-state index is -0.00933. The molecule has 0 aliphatic carbocycles. The molecule has 1 aliphatic heterocycles. The quantitative estimate of drug-likeness (QED) is 0.881. The van der Waals surface area contributed by atoms with E-state index in [4.69, 9.17) is 0 Å². The summed E-state index contributed by atoms with van der Waals surface area (Å²) >= 11 is 2.96. The average Bonchev–Trinajstić information content (AvgIpc) is 2.84. The van der Waals surface area contributed by atoms with Crippen LogP contribution in [0, 0.1) is 5.92 Å². The first-order valence-corrected chi connectivity index (χ1v) is 7.60. The highest BCUT2D eigenvalue weighted by Gasteiger charge is 2.20. The van der Waals surface area contributed by atoms with Gasteiger partial charge in [0.25, 0.3) is 0 Å². The maximum absolute atomic E-state index is 11.0. The number of H-pyrrole nitrogens is 1. The first-order chi connectivity index (χ1) is 8.13. The van der Waals surface area contributed by atoms with Gasteiger partial charge in [-0.1, -0.05) is 36.9 Å². The normalized spacial score (nSPS) is 22.3. The Labute approximate surface area is 109 Å². The molecule has 0 radical (unpaired) electrons. The van der Waals surface area contributed by atoms with Gasteiger partial charge >= 0.3 is 4.87 Å². The molecular weight excluding hydrogens is 254 g/mol. The molecule has 2 heterocycles. The van der Waals surface area contributed by atoms with E-state index in [1.165, 1.54) is 17.8 Å². The van der Waals surface area contributed by atoms with Crippen LogP contribution in [0.1, 0.15) is 26.0 Å². The van der Waals surface area contributed by atoms with Crippen LogP contribution in [0.15, 0.2) is 15.2 Å². The molecule has 1 fully saturated rings. The van der Waals surface area contributed by atoms with E-state index in [2.05, 4.69) is 29.1 Å². The highest BCUT2D eigenvalue weighted by Crippen LogP contribution is 2.19. The van der Waals surface area contributed by atoms with Gasteiger partial charge in [-0.15, -0.1) is 0 Å². The first kappa shape index (κ1) is 12.7. The van der Waals surface area contributed by atoms with E-state index in [9.17, 15) is 4.79 Å². The first-order valence-electron chi connectivity index (χ1n) is 5.74. The van der Waals surface area contributed by atoms with Crippen LogP contribution in [-0.4, -0.2) is 21.9 Å². The molecule has 1 aromatic heterocycles. The van der Waals surface area contributed by atoms with E-state index in [-0.39, 0.29) is 4.87 Å². The maximum Gasteiger partial charge on any atom is 0.304 e. The van der Waals surface area contributed by atoms with Crippen LogP contribution in [0.2, 0.25) is 0 Å². The van der Waals surface area contributed by atoms with Crippen molar-refractivity contribution >= 4 is 28.3 Å². The second-order valence-corrected chi connectivity index (χ2v) is 6.43. The molecule has 0 amide bonds. The zero-order chi connectivity index (χ0) is 12.3. The fourth-order valence-corrected chi connectivity index (χ4v) is 3.33. The van der Waals surface area contributed by atoms with Crippen molar-refractivity contribution in [1.82, 2.24) is 10.3 Å². The number of aromatic nitrogens is 1. The van der Waals surface area contributed by atoms with E-state index in [1.807, 2.05) is 5.38 Å². The van der Waals surface area contributed by atoms with Crippen LogP contribution < -0.4 is 10.2 Å². The van der Waals surface area contributed by atoms with E-state index in [0.717, 1.165) is 16.6 Å². The number of aliphatic imine (C=N–C) groups is 1. The van der Waals surface area contributed by atoms with Gasteiger partial charge in [0.2, 0.25) is 0 Å². The molecule has 17 heavy (non-hydrogen) atoms. The van der Waals surface area contributed by atoms with Gasteiger partial charge in [-0.05, 0) is 12.3 Å². The number of thioether (sulfide) groups is 1. The van der Waals surface area contributed by atoms with Crippen molar-refractivity contribution in [1.29, 1.82) is 0 Å². The number of aromatic amines is 1. The molecule has 1 aliphatic rings. The number of nitrogens with zero attached hydrogens (tertiary/aromatic N) is 1. The second-order valence-electron chi connectivity index (χ2n) is 4.58. The van der Waals surface area contributed by atoms with Gasteiger partial charge in [-0.25, -0.2) is 0 Å². The Hall–Kier alpha value is -0.750. The fraction of sp³-hybridized carbons (Fsp3) is 0.636. The largest absolute Gasteiger partial charge is 0.361 e. The van der Waals surface area contributed by atoms with Crippen molar-refractivity contribution in [2.45, 2.75) is 32.9 Å². The molecule has 4 nitrogen and oxygen atoms in total. The van der Waals surface area contributed by atoms with E-state index in [1.54, 1.807) is 11.8 Å². The van der Waals surface area contributed by atoms with Crippen molar-refractivity contribution in [3.8, 4) is 0 Å². The Morgan fingerprint density at radius 1 is 1.59 bits per heavy atom. The third-order valence-electron chi connectivity index (χ3n) is 2.47. The lowest BCUT2D eigenvalue weighted by Crippen LogP contribution is -2.28. The Balaban J connectivity index is 1.85. The zero-order valence-corrected chi connectivity index (χ0v) is 11.7. The van der Waals surface area contributed by atoms with E-state index >= 15 is 0 Å². The molecule has 6 heteroatoms. The van der Waals surface area contributed by atoms with Crippen LogP contribution >= 0.6 is 23.1 Å². The monoisotopic (exact) mass is 271 g/mol. The minimum absolute atomic E-state index is 0.00933. The molecule has 0 aromatic carbocycles. The molecule has 0 bridgehead atoms. The highest BCUT2D eigenvalue weighted by molar-refractivity contribution is 8.14. The topological polar surface area (TPSA) is 57.2 Å². The van der Waals surface area contributed by atoms with Crippen molar-refractivity contribution < 1.29 is 0 Å². The van der Waals surface area contributed by atoms with Gasteiger partial charge in [0, 0.05) is 17.2 Å². The number of thiazole rings is 1. The molecule has 1 atom stereocenters. The second kappa shape index (κ2) is 5.73. The van der Waals surface area contributed by atoms with Crippen molar-refractivity contribution in [3.63, 3.8) is 0 Å². The third-order valence-corrected chi connectivity index (χ3v) is 4.28. The molecule has 2 N–H and O–H groups in total. The predicted octanol–water partition coefficient (Wildman–Crippen LogP) is 2.04. The van der Waals surface area contributed by atoms with Gasteiger partial charge in [0.05, 0.1) is 12.2 Å². The summed E-state index contributed by atoms with van der Waals surface area (Å²) in [5.41, 5.74) is 0.891. The molecule has 1 saturated heterocycles. The zero-order valence-electron chi connectivity index (χ0n) is 10.0. The SMILES string of the molecule is CC(C)CC1CSC(=NCc2csc(=O)[nH]2)N1. The standard InChI is InChI=1S/C11H17N3OS2/c1-7(2)3-8-5-16-10(13-8)12-4-9-6-17-11(15)14-9/h6-8H,3-5H2,1-2H3,(H,12,13)(H,14,15). The Kier molecular flexibility index (Phi) is 4.28. The predicted molar refractivity (Wildman–Crippen MR) is 74.9 cm³/mol. The summed E-state index contributed by atoms with van der Waals surface area (Å²) in [6.07, 6.45) is 1.18. The molecule has 0 saturated carbocycles. The molecular formula is C11H17N3OS2. The lowest BCUT2D eigenvalue weighted by atomic mass is 10.1. The number of hydrogen-bond acceptors (Lipinski definition) is 4. The number of rotatable bonds is 4. The van der Waals surface area contributed by atoms with Crippen LogP contribution in [0.25, 0.3) is 0 Å². The molecule has 0 spiro atoms. The van der Waals surface area contributed by atoms with Gasteiger partial charge in [0.1, 0.15) is 0 Å². The Morgan fingerprint density at radius 3 is 3.06 bits per heavy atom. The van der Waals surface area contributed by atoms with Gasteiger partial charge in [-0.2, -0.15) is 0 Å². The fourth-order valence-electron chi connectivity index (χ4n) is 1.77. The lowest BCUT2D eigenvalue weighted by Gasteiger charge is -2.11. The van der Waals surface area contributed by atoms with Crippen molar-refractivity contribution in [2.24, 2.45) is 10.9 Å². The number of amidine groups is 1. The summed E-state index contributed by atoms with van der Waals surface area (Å²) in [4.78, 5) is 18.2. The average molecular weight is 271 g/mol. The van der Waals surface area contributed by atoms with E-state index in [0.29, 0.717) is 18.5 Å². The summed E-state index contributed by atoms with van der Waals surface area (Å²) < 4.78 is 0. The van der Waals surface area contributed by atoms with Gasteiger partial charge in [0.15, 0.2) is 5.17 Å². The lowest BCUT2D eigenvalue weighted by molar-refractivity contribution is 0.502. The third kappa shape index (κ3) is 3.89. The van der Waals surface area contributed by atoms with E-state index < -0.39 is 0 Å².